The maximum absolute atomic E-state index is 12.0. The molecule has 0 aliphatic heterocycles. The van der Waals surface area contributed by atoms with Gasteiger partial charge in [-0.1, -0.05) is 17.7 Å². The maximum atomic E-state index is 12.0. The van der Waals surface area contributed by atoms with E-state index in [1.54, 1.807) is 6.26 Å². The van der Waals surface area contributed by atoms with Crippen molar-refractivity contribution in [3.8, 4) is 0 Å². The SMILES string of the molecule is Cc1ccc(NC(=O)CN(C)[C@H](C)C[S@](C)=O)c(C)c1. The van der Waals surface area contributed by atoms with Crippen LogP contribution in [0.4, 0.5) is 5.69 Å². The topological polar surface area (TPSA) is 49.4 Å². The Kier molecular flexibility index (Phi) is 6.36. The predicted molar refractivity (Wildman–Crippen MR) is 85.6 cm³/mol. The second kappa shape index (κ2) is 7.55. The van der Waals surface area contributed by atoms with Crippen LogP contribution in [0.25, 0.3) is 0 Å². The van der Waals surface area contributed by atoms with Crippen molar-refractivity contribution in [2.24, 2.45) is 0 Å². The van der Waals surface area contributed by atoms with Gasteiger partial charge in [0, 0.05) is 34.5 Å². The Bertz CT molecular complexity index is 503. The molecule has 112 valence electrons. The molecule has 1 N–H and O–H groups in total. The molecule has 20 heavy (non-hydrogen) atoms. The average Bonchev–Trinajstić information content (AvgIpc) is 2.31. The van der Waals surface area contributed by atoms with Gasteiger partial charge in [0.2, 0.25) is 5.91 Å². The summed E-state index contributed by atoms with van der Waals surface area (Å²) in [5.74, 6) is 0.529. The summed E-state index contributed by atoms with van der Waals surface area (Å²) in [6.45, 7) is 6.28. The van der Waals surface area contributed by atoms with Crippen LogP contribution in [0.15, 0.2) is 18.2 Å². The van der Waals surface area contributed by atoms with Crippen LogP contribution >= 0.6 is 0 Å². The summed E-state index contributed by atoms with van der Waals surface area (Å²) in [4.78, 5) is 13.9. The Morgan fingerprint density at radius 3 is 2.60 bits per heavy atom. The van der Waals surface area contributed by atoms with E-state index < -0.39 is 10.8 Å². The molecule has 0 radical (unpaired) electrons. The first-order valence-electron chi connectivity index (χ1n) is 6.67. The number of likely N-dealkylation sites (N-methyl/N-ethyl adjacent to an activating group) is 1. The highest BCUT2D eigenvalue weighted by Crippen LogP contribution is 2.15. The lowest BCUT2D eigenvalue weighted by Crippen LogP contribution is -2.39. The zero-order chi connectivity index (χ0) is 15.3. The Morgan fingerprint density at radius 1 is 1.40 bits per heavy atom. The van der Waals surface area contributed by atoms with Crippen molar-refractivity contribution < 1.29 is 9.00 Å². The van der Waals surface area contributed by atoms with Gasteiger partial charge in [-0.25, -0.2) is 0 Å². The summed E-state index contributed by atoms with van der Waals surface area (Å²) in [7, 11) is 1.03. The molecule has 1 aromatic rings. The van der Waals surface area contributed by atoms with Gasteiger partial charge in [-0.15, -0.1) is 0 Å². The highest BCUT2D eigenvalue weighted by molar-refractivity contribution is 7.84. The first kappa shape index (κ1) is 16.9. The number of nitrogens with zero attached hydrogens (tertiary/aromatic N) is 1. The molecule has 5 heteroatoms. The summed E-state index contributed by atoms with van der Waals surface area (Å²) in [6, 6.07) is 6.07. The molecule has 1 aromatic carbocycles. The molecule has 0 aliphatic rings. The average molecular weight is 296 g/mol. The molecule has 0 spiro atoms. The minimum absolute atomic E-state index is 0.0480. The van der Waals surface area contributed by atoms with Crippen molar-refractivity contribution >= 4 is 22.4 Å². The fraction of sp³-hybridized carbons (Fsp3) is 0.533. The number of rotatable bonds is 6. The quantitative estimate of drug-likeness (QED) is 0.873. The van der Waals surface area contributed by atoms with Gasteiger partial charge in [-0.2, -0.15) is 0 Å². The number of carbonyl (C=O) groups is 1. The van der Waals surface area contributed by atoms with Gasteiger partial charge < -0.3 is 5.32 Å². The van der Waals surface area contributed by atoms with Crippen LogP contribution in [0.3, 0.4) is 0 Å². The van der Waals surface area contributed by atoms with E-state index in [2.05, 4.69) is 5.32 Å². The van der Waals surface area contributed by atoms with E-state index in [1.165, 1.54) is 5.56 Å². The molecule has 1 rings (SSSR count). The van der Waals surface area contributed by atoms with Gasteiger partial charge in [-0.05, 0) is 39.4 Å². The molecule has 2 atom stereocenters. The van der Waals surface area contributed by atoms with Gasteiger partial charge in [0.1, 0.15) is 0 Å². The summed E-state index contributed by atoms with van der Waals surface area (Å²) in [5.41, 5.74) is 3.08. The molecule has 0 saturated carbocycles. The molecule has 0 bridgehead atoms. The zero-order valence-electron chi connectivity index (χ0n) is 12.9. The molecule has 0 saturated heterocycles. The van der Waals surface area contributed by atoms with E-state index in [-0.39, 0.29) is 11.9 Å². The van der Waals surface area contributed by atoms with Crippen LogP contribution < -0.4 is 5.32 Å². The summed E-state index contributed by atoms with van der Waals surface area (Å²) >= 11 is 0. The monoisotopic (exact) mass is 296 g/mol. The van der Waals surface area contributed by atoms with E-state index >= 15 is 0 Å². The van der Waals surface area contributed by atoms with Gasteiger partial charge in [0.05, 0.1) is 6.54 Å². The van der Waals surface area contributed by atoms with E-state index in [9.17, 15) is 9.00 Å². The summed E-state index contributed by atoms with van der Waals surface area (Å²) < 4.78 is 11.2. The molecule has 0 unspecified atom stereocenters. The van der Waals surface area contributed by atoms with Gasteiger partial charge in [0.15, 0.2) is 0 Å². The third-order valence-corrected chi connectivity index (χ3v) is 4.23. The van der Waals surface area contributed by atoms with E-state index in [4.69, 9.17) is 0 Å². The molecule has 0 heterocycles. The molecular weight excluding hydrogens is 272 g/mol. The van der Waals surface area contributed by atoms with Gasteiger partial charge >= 0.3 is 0 Å². The smallest absolute Gasteiger partial charge is 0.238 e. The van der Waals surface area contributed by atoms with Crippen molar-refractivity contribution in [1.82, 2.24) is 4.90 Å². The van der Waals surface area contributed by atoms with Crippen molar-refractivity contribution in [2.75, 3.05) is 30.9 Å². The van der Waals surface area contributed by atoms with Crippen molar-refractivity contribution in [3.05, 3.63) is 29.3 Å². The molecule has 0 aromatic heterocycles. The molecule has 1 amide bonds. The number of hydrogen-bond acceptors (Lipinski definition) is 3. The van der Waals surface area contributed by atoms with Gasteiger partial charge in [0.25, 0.3) is 0 Å². The Hall–Kier alpha value is -1.20. The number of anilines is 1. The molecule has 0 fully saturated rings. The lowest BCUT2D eigenvalue weighted by molar-refractivity contribution is -0.117. The second-order valence-electron chi connectivity index (χ2n) is 5.37. The van der Waals surface area contributed by atoms with Crippen molar-refractivity contribution in [3.63, 3.8) is 0 Å². The number of nitrogens with one attached hydrogen (secondary N) is 1. The van der Waals surface area contributed by atoms with Crippen LogP contribution in [0.2, 0.25) is 0 Å². The van der Waals surface area contributed by atoms with Crippen molar-refractivity contribution in [1.29, 1.82) is 0 Å². The number of carbonyl (C=O) groups excluding carboxylic acids is 1. The van der Waals surface area contributed by atoms with E-state index in [1.807, 2.05) is 50.9 Å². The Balaban J connectivity index is 2.57. The fourth-order valence-electron chi connectivity index (χ4n) is 1.99. The first-order chi connectivity index (χ1) is 9.29. The van der Waals surface area contributed by atoms with Crippen molar-refractivity contribution in [2.45, 2.75) is 26.8 Å². The number of hydrogen-bond donors (Lipinski definition) is 1. The van der Waals surface area contributed by atoms with Crippen LogP contribution in [0.1, 0.15) is 18.1 Å². The zero-order valence-corrected chi connectivity index (χ0v) is 13.7. The highest BCUT2D eigenvalue weighted by Gasteiger charge is 2.14. The van der Waals surface area contributed by atoms with Crippen LogP contribution in [0, 0.1) is 13.8 Å². The summed E-state index contributed by atoms with van der Waals surface area (Å²) in [6.07, 6.45) is 1.68. The molecule has 0 aliphatic carbocycles. The standard InChI is InChI=1S/C15H24N2O2S/c1-11-6-7-14(12(2)8-11)16-15(18)9-17(4)13(3)10-20(5)19/h6-8,13H,9-10H2,1-5H3,(H,16,18)/t13-,20+/m1/s1. The third-order valence-electron chi connectivity index (χ3n) is 3.28. The van der Waals surface area contributed by atoms with E-state index in [0.29, 0.717) is 12.3 Å². The third kappa shape index (κ3) is 5.43. The van der Waals surface area contributed by atoms with Gasteiger partial charge in [-0.3, -0.25) is 13.9 Å². The first-order valence-corrected chi connectivity index (χ1v) is 8.39. The molecule has 4 nitrogen and oxygen atoms in total. The minimum atomic E-state index is -0.849. The lowest BCUT2D eigenvalue weighted by Gasteiger charge is -2.23. The van der Waals surface area contributed by atoms with Crippen LogP contribution in [0.5, 0.6) is 0 Å². The van der Waals surface area contributed by atoms with Crippen LogP contribution in [-0.4, -0.2) is 46.7 Å². The second-order valence-corrected chi connectivity index (χ2v) is 6.85. The minimum Gasteiger partial charge on any atom is -0.325 e. The fourth-order valence-corrected chi connectivity index (χ4v) is 2.93. The normalized spacial score (nSPS) is 14.1. The van der Waals surface area contributed by atoms with E-state index in [0.717, 1.165) is 11.3 Å². The largest absolute Gasteiger partial charge is 0.325 e. The number of aryl methyl sites for hydroxylation is 2. The Morgan fingerprint density at radius 2 is 2.05 bits per heavy atom. The maximum Gasteiger partial charge on any atom is 0.238 e. The van der Waals surface area contributed by atoms with Crippen LogP contribution in [-0.2, 0) is 15.6 Å². The Labute approximate surface area is 124 Å². The number of benzene rings is 1. The highest BCUT2D eigenvalue weighted by atomic mass is 32.2. The molecular formula is C15H24N2O2S. The number of amides is 1. The lowest BCUT2D eigenvalue weighted by atomic mass is 10.1. The predicted octanol–water partition coefficient (Wildman–Crippen LogP) is 1.94. The summed E-state index contributed by atoms with van der Waals surface area (Å²) in [5, 5.41) is 2.92.